The van der Waals surface area contributed by atoms with Crippen LogP contribution >= 0.6 is 0 Å². The number of aromatic nitrogens is 1. The highest BCUT2D eigenvalue weighted by Crippen LogP contribution is 2.33. The lowest BCUT2D eigenvalue weighted by Gasteiger charge is -2.16. The quantitative estimate of drug-likeness (QED) is 0.588. The van der Waals surface area contributed by atoms with Gasteiger partial charge in [0.2, 0.25) is 5.91 Å². The molecule has 0 radical (unpaired) electrons. The summed E-state index contributed by atoms with van der Waals surface area (Å²) in [5.74, 6) is 0.105. The van der Waals surface area contributed by atoms with Gasteiger partial charge in [0.05, 0.1) is 0 Å². The maximum atomic E-state index is 12.6. The van der Waals surface area contributed by atoms with Crippen LogP contribution in [0.3, 0.4) is 0 Å². The topological polar surface area (TPSA) is 106 Å². The number of para-hydroxylation sites is 1. The zero-order chi connectivity index (χ0) is 20.9. The van der Waals surface area contributed by atoms with E-state index in [1.807, 2.05) is 24.3 Å². The van der Waals surface area contributed by atoms with Gasteiger partial charge in [-0.2, -0.15) is 0 Å². The lowest BCUT2D eigenvalue weighted by Crippen LogP contribution is -2.35. The van der Waals surface area contributed by atoms with Crippen molar-refractivity contribution in [2.45, 2.75) is 12.0 Å². The van der Waals surface area contributed by atoms with E-state index in [9.17, 15) is 9.59 Å². The number of carbonyl (C=O) groups is 2. The molecule has 2 amide bonds. The Morgan fingerprint density at radius 2 is 1.80 bits per heavy atom. The predicted molar refractivity (Wildman–Crippen MR) is 113 cm³/mol. The van der Waals surface area contributed by atoms with Gasteiger partial charge >= 0.3 is 0 Å². The van der Waals surface area contributed by atoms with Crippen LogP contribution in [0.15, 0.2) is 73.1 Å². The Morgan fingerprint density at radius 3 is 2.57 bits per heavy atom. The van der Waals surface area contributed by atoms with Gasteiger partial charge in [-0.1, -0.05) is 30.3 Å². The van der Waals surface area contributed by atoms with Crippen LogP contribution in [0.5, 0.6) is 5.75 Å². The number of fused-ring (bicyclic) bond motifs is 1. The van der Waals surface area contributed by atoms with Gasteiger partial charge in [0, 0.05) is 41.8 Å². The van der Waals surface area contributed by atoms with Gasteiger partial charge in [0.25, 0.3) is 5.91 Å². The summed E-state index contributed by atoms with van der Waals surface area (Å²) in [5.41, 5.74) is 9.16. The van der Waals surface area contributed by atoms with E-state index in [2.05, 4.69) is 15.6 Å². The number of nitrogens with one attached hydrogen (secondary N) is 2. The molecule has 1 aliphatic heterocycles. The molecule has 7 nitrogen and oxygen atoms in total. The number of pyridine rings is 1. The zero-order valence-corrected chi connectivity index (χ0v) is 16.2. The van der Waals surface area contributed by atoms with Gasteiger partial charge < -0.3 is 21.1 Å². The molecule has 4 N–H and O–H groups in total. The van der Waals surface area contributed by atoms with Crippen molar-refractivity contribution < 1.29 is 14.3 Å². The first-order valence-corrected chi connectivity index (χ1v) is 9.68. The Morgan fingerprint density at radius 1 is 1.07 bits per heavy atom. The molecule has 3 aromatic rings. The monoisotopic (exact) mass is 402 g/mol. The van der Waals surface area contributed by atoms with Crippen LogP contribution < -0.4 is 21.1 Å². The second kappa shape index (κ2) is 8.75. The summed E-state index contributed by atoms with van der Waals surface area (Å²) < 4.78 is 5.57. The van der Waals surface area contributed by atoms with Crippen molar-refractivity contribution in [2.75, 3.05) is 18.5 Å². The van der Waals surface area contributed by atoms with Gasteiger partial charge in [0.15, 0.2) is 0 Å². The number of amides is 2. The molecule has 2 atom stereocenters. The summed E-state index contributed by atoms with van der Waals surface area (Å²) in [4.78, 5) is 28.8. The smallest absolute Gasteiger partial charge is 0.255 e. The molecule has 1 unspecified atom stereocenters. The van der Waals surface area contributed by atoms with Crippen molar-refractivity contribution in [3.8, 4) is 5.75 Å². The molecule has 0 spiro atoms. The molecule has 1 aromatic heterocycles. The Kier molecular flexibility index (Phi) is 5.72. The fourth-order valence-corrected chi connectivity index (χ4v) is 3.35. The highest BCUT2D eigenvalue weighted by Gasteiger charge is 2.30. The number of anilines is 1. The number of rotatable bonds is 6. The van der Waals surface area contributed by atoms with Crippen LogP contribution in [-0.2, 0) is 4.79 Å². The van der Waals surface area contributed by atoms with Crippen LogP contribution in [-0.4, -0.2) is 29.9 Å². The summed E-state index contributed by atoms with van der Waals surface area (Å²) in [6.07, 6.45) is 3.23. The summed E-state index contributed by atoms with van der Waals surface area (Å²) in [6, 6.07) is 17.6. The molecule has 4 rings (SSSR count). The molecule has 0 saturated carbocycles. The SMILES string of the molecule is N[C@H](CNC(=O)C1COc2ccccc21)c1ccc(C(=O)Nc2ccncc2)cc1. The van der Waals surface area contributed by atoms with Gasteiger partial charge in [0.1, 0.15) is 18.3 Å². The van der Waals surface area contributed by atoms with Gasteiger partial charge in [-0.15, -0.1) is 0 Å². The largest absolute Gasteiger partial charge is 0.492 e. The highest BCUT2D eigenvalue weighted by molar-refractivity contribution is 6.04. The molecular weight excluding hydrogens is 380 g/mol. The lowest BCUT2D eigenvalue weighted by molar-refractivity contribution is -0.122. The fourth-order valence-electron chi connectivity index (χ4n) is 3.35. The molecule has 1 aliphatic rings. The second-order valence-corrected chi connectivity index (χ2v) is 7.07. The predicted octanol–water partition coefficient (Wildman–Crippen LogP) is 2.63. The number of hydrogen-bond donors (Lipinski definition) is 3. The normalized spacial score (nSPS) is 15.6. The standard InChI is InChI=1S/C23H22N4O3/c24-20(13-26-23(29)19-14-30-21-4-2-1-3-18(19)21)15-5-7-16(8-6-15)22(28)27-17-9-11-25-12-10-17/h1-12,19-20H,13-14,24H2,(H,26,29)(H,25,27,28)/t19?,20-/m1/s1. The van der Waals surface area contributed by atoms with Crippen LogP contribution in [0.4, 0.5) is 5.69 Å². The minimum Gasteiger partial charge on any atom is -0.492 e. The van der Waals surface area contributed by atoms with Crippen LogP contribution in [0.25, 0.3) is 0 Å². The van der Waals surface area contributed by atoms with Gasteiger partial charge in [-0.25, -0.2) is 0 Å². The van der Waals surface area contributed by atoms with Gasteiger partial charge in [-0.05, 0) is 35.9 Å². The fraction of sp³-hybridized carbons (Fsp3) is 0.174. The van der Waals surface area contributed by atoms with Crippen molar-refractivity contribution in [3.63, 3.8) is 0 Å². The van der Waals surface area contributed by atoms with Crippen LogP contribution in [0, 0.1) is 0 Å². The van der Waals surface area contributed by atoms with E-state index in [1.165, 1.54) is 0 Å². The summed E-state index contributed by atoms with van der Waals surface area (Å²) in [7, 11) is 0. The highest BCUT2D eigenvalue weighted by atomic mass is 16.5. The van der Waals surface area contributed by atoms with E-state index in [0.29, 0.717) is 24.4 Å². The van der Waals surface area contributed by atoms with Crippen molar-refractivity contribution in [1.29, 1.82) is 0 Å². The van der Waals surface area contributed by atoms with Crippen molar-refractivity contribution in [3.05, 3.63) is 89.7 Å². The number of benzene rings is 2. The van der Waals surface area contributed by atoms with Crippen molar-refractivity contribution in [1.82, 2.24) is 10.3 Å². The minimum absolute atomic E-state index is 0.108. The first kappa shape index (κ1) is 19.6. The van der Waals surface area contributed by atoms with E-state index in [4.69, 9.17) is 10.5 Å². The third-order valence-corrected chi connectivity index (χ3v) is 5.05. The first-order chi connectivity index (χ1) is 14.6. The zero-order valence-electron chi connectivity index (χ0n) is 16.2. The average molecular weight is 402 g/mol. The average Bonchev–Trinajstić information content (AvgIpc) is 3.22. The third kappa shape index (κ3) is 4.31. The maximum Gasteiger partial charge on any atom is 0.255 e. The molecule has 0 fully saturated rings. The second-order valence-electron chi connectivity index (χ2n) is 7.07. The first-order valence-electron chi connectivity index (χ1n) is 9.68. The number of ether oxygens (including phenoxy) is 1. The maximum absolute atomic E-state index is 12.6. The number of hydrogen-bond acceptors (Lipinski definition) is 5. The van der Waals surface area contributed by atoms with Crippen LogP contribution in [0.2, 0.25) is 0 Å². The molecule has 0 aliphatic carbocycles. The number of nitrogens with zero attached hydrogens (tertiary/aromatic N) is 1. The molecule has 2 heterocycles. The Bertz CT molecular complexity index is 1040. The van der Waals surface area contributed by atoms with E-state index in [-0.39, 0.29) is 23.8 Å². The molecule has 30 heavy (non-hydrogen) atoms. The molecule has 152 valence electrons. The van der Waals surface area contributed by atoms with E-state index in [1.54, 1.807) is 48.8 Å². The van der Waals surface area contributed by atoms with E-state index in [0.717, 1.165) is 16.9 Å². The molecule has 0 bridgehead atoms. The minimum atomic E-state index is -0.385. The summed E-state index contributed by atoms with van der Waals surface area (Å²) >= 11 is 0. The Hall–Kier alpha value is -3.71. The number of carbonyl (C=O) groups excluding carboxylic acids is 2. The van der Waals surface area contributed by atoms with Crippen molar-refractivity contribution >= 4 is 17.5 Å². The summed E-state index contributed by atoms with van der Waals surface area (Å²) in [5, 5.41) is 5.71. The molecule has 7 heteroatoms. The molecule has 0 saturated heterocycles. The molecule has 2 aromatic carbocycles. The molecular formula is C23H22N4O3. The Balaban J connectivity index is 1.32. The summed E-state index contributed by atoms with van der Waals surface area (Å²) in [6.45, 7) is 0.627. The number of nitrogens with two attached hydrogens (primary N) is 1. The third-order valence-electron chi connectivity index (χ3n) is 5.05. The Labute approximate surface area is 174 Å². The van der Waals surface area contributed by atoms with E-state index >= 15 is 0 Å². The van der Waals surface area contributed by atoms with Crippen LogP contribution in [0.1, 0.15) is 33.4 Å². The van der Waals surface area contributed by atoms with Crippen molar-refractivity contribution in [2.24, 2.45) is 5.73 Å². The van der Waals surface area contributed by atoms with Gasteiger partial charge in [-0.3, -0.25) is 14.6 Å². The lowest BCUT2D eigenvalue weighted by atomic mass is 10.00. The van der Waals surface area contributed by atoms with E-state index < -0.39 is 0 Å².